The van der Waals surface area contributed by atoms with Crippen LogP contribution in [0.3, 0.4) is 0 Å². The van der Waals surface area contributed by atoms with Crippen LogP contribution in [0.15, 0.2) is 70.0 Å². The Balaban J connectivity index is 1.54. The van der Waals surface area contributed by atoms with Crippen molar-refractivity contribution in [3.8, 4) is 11.3 Å². The van der Waals surface area contributed by atoms with E-state index in [1.807, 2.05) is 0 Å². The molecule has 1 heterocycles. The van der Waals surface area contributed by atoms with Crippen LogP contribution in [-0.2, 0) is 21.2 Å². The van der Waals surface area contributed by atoms with Crippen molar-refractivity contribution in [2.45, 2.75) is 17.7 Å². The van der Waals surface area contributed by atoms with Crippen molar-refractivity contribution in [1.82, 2.24) is 15.2 Å². The summed E-state index contributed by atoms with van der Waals surface area (Å²) >= 11 is 0. The molecule has 0 aliphatic heterocycles. The summed E-state index contributed by atoms with van der Waals surface area (Å²) in [6.07, 6.45) is 0.256. The van der Waals surface area contributed by atoms with Gasteiger partial charge in [0.1, 0.15) is 17.3 Å². The Morgan fingerprint density at radius 3 is 2.47 bits per heavy atom. The van der Waals surface area contributed by atoms with Crippen LogP contribution in [0, 0.1) is 5.82 Å². The molecule has 2 amide bonds. The summed E-state index contributed by atoms with van der Waals surface area (Å²) in [5, 5.41) is 0. The number of rotatable bonds is 7. The summed E-state index contributed by atoms with van der Waals surface area (Å²) in [6, 6.07) is 15.0. The van der Waals surface area contributed by atoms with Crippen molar-refractivity contribution in [2.24, 2.45) is 0 Å². The van der Waals surface area contributed by atoms with E-state index in [4.69, 9.17) is 4.42 Å². The predicted molar refractivity (Wildman–Crippen MR) is 115 cm³/mol. The number of nitrogens with one attached hydrogen (secondary N) is 2. The van der Waals surface area contributed by atoms with Gasteiger partial charge in [0.05, 0.1) is 10.5 Å². The Morgan fingerprint density at radius 2 is 1.75 bits per heavy atom. The number of aryl methyl sites for hydroxylation is 1. The molecule has 0 saturated carbocycles. The van der Waals surface area contributed by atoms with Crippen molar-refractivity contribution in [3.05, 3.63) is 77.8 Å². The summed E-state index contributed by atoms with van der Waals surface area (Å²) in [4.78, 5) is 24.3. The van der Waals surface area contributed by atoms with Gasteiger partial charge in [0, 0.05) is 32.5 Å². The first-order valence-electron chi connectivity index (χ1n) is 9.64. The van der Waals surface area contributed by atoms with E-state index in [1.54, 1.807) is 30.3 Å². The second-order valence-electron chi connectivity index (χ2n) is 7.06. The van der Waals surface area contributed by atoms with Gasteiger partial charge < -0.3 is 4.42 Å². The largest absolute Gasteiger partial charge is 0.461 e. The quantitative estimate of drug-likeness (QED) is 0.528. The van der Waals surface area contributed by atoms with Crippen molar-refractivity contribution in [1.29, 1.82) is 0 Å². The number of benzene rings is 2. The molecule has 1 aromatic heterocycles. The van der Waals surface area contributed by atoms with Gasteiger partial charge in [0.2, 0.25) is 15.9 Å². The van der Waals surface area contributed by atoms with Crippen LogP contribution >= 0.6 is 0 Å². The number of carbonyl (C=O) groups excluding carboxylic acids is 2. The maximum absolute atomic E-state index is 13.8. The number of halogens is 1. The summed E-state index contributed by atoms with van der Waals surface area (Å²) in [7, 11) is -0.913. The Labute approximate surface area is 185 Å². The van der Waals surface area contributed by atoms with Crippen molar-refractivity contribution < 1.29 is 26.8 Å². The van der Waals surface area contributed by atoms with Crippen LogP contribution in [0.5, 0.6) is 0 Å². The van der Waals surface area contributed by atoms with Gasteiger partial charge in [-0.25, -0.2) is 17.1 Å². The number of carbonyl (C=O) groups is 2. The molecule has 0 aliphatic rings. The van der Waals surface area contributed by atoms with E-state index in [9.17, 15) is 22.4 Å². The van der Waals surface area contributed by atoms with Crippen molar-refractivity contribution in [2.75, 3.05) is 14.1 Å². The monoisotopic (exact) mass is 459 g/mol. The summed E-state index contributed by atoms with van der Waals surface area (Å²) in [6.45, 7) is 0. The van der Waals surface area contributed by atoms with E-state index in [-0.39, 0.29) is 23.3 Å². The second kappa shape index (κ2) is 9.75. The van der Waals surface area contributed by atoms with Gasteiger partial charge in [-0.2, -0.15) is 0 Å². The Kier molecular flexibility index (Phi) is 7.06. The zero-order valence-electron chi connectivity index (χ0n) is 17.5. The van der Waals surface area contributed by atoms with Crippen LogP contribution in [-0.4, -0.2) is 38.6 Å². The molecule has 2 N–H and O–H groups in total. The maximum atomic E-state index is 13.8. The van der Waals surface area contributed by atoms with Gasteiger partial charge in [-0.1, -0.05) is 18.2 Å². The molecule has 32 heavy (non-hydrogen) atoms. The standard InChI is InChI=1S/C22H22FN3O5S/c1-26(2)32(29,30)17-7-5-6-15(14-17)22(28)25-24-21(27)13-11-16-10-12-20(31-16)18-8-3-4-9-19(18)23/h3-10,12,14H,11,13H2,1-2H3,(H,24,27)(H,25,28). The van der Waals surface area contributed by atoms with Crippen LogP contribution in [0.25, 0.3) is 11.3 Å². The third kappa shape index (κ3) is 5.40. The molecule has 3 rings (SSSR count). The van der Waals surface area contributed by atoms with Crippen LogP contribution in [0.1, 0.15) is 22.5 Å². The van der Waals surface area contributed by atoms with E-state index in [1.165, 1.54) is 44.4 Å². The predicted octanol–water partition coefficient (Wildman–Crippen LogP) is 2.73. The lowest BCUT2D eigenvalue weighted by Crippen LogP contribution is -2.41. The van der Waals surface area contributed by atoms with Gasteiger partial charge in [0.25, 0.3) is 5.91 Å². The van der Waals surface area contributed by atoms with E-state index in [2.05, 4.69) is 10.9 Å². The van der Waals surface area contributed by atoms with Gasteiger partial charge in [0.15, 0.2) is 0 Å². The fraction of sp³-hybridized carbons (Fsp3) is 0.182. The van der Waals surface area contributed by atoms with E-state index in [0.29, 0.717) is 17.1 Å². The Morgan fingerprint density at radius 1 is 1.00 bits per heavy atom. The number of amides is 2. The summed E-state index contributed by atoms with van der Waals surface area (Å²) in [5.41, 5.74) is 4.94. The molecule has 0 unspecified atom stereocenters. The fourth-order valence-corrected chi connectivity index (χ4v) is 3.77. The molecule has 0 aliphatic carbocycles. The first kappa shape index (κ1) is 23.2. The normalized spacial score (nSPS) is 11.4. The lowest BCUT2D eigenvalue weighted by atomic mass is 10.1. The molecule has 3 aromatic rings. The van der Waals surface area contributed by atoms with Gasteiger partial charge in [-0.15, -0.1) is 0 Å². The van der Waals surface area contributed by atoms with Gasteiger partial charge >= 0.3 is 0 Å². The minimum atomic E-state index is -3.69. The average Bonchev–Trinajstić information content (AvgIpc) is 3.25. The molecular weight excluding hydrogens is 437 g/mol. The highest BCUT2D eigenvalue weighted by Crippen LogP contribution is 2.25. The summed E-state index contributed by atoms with van der Waals surface area (Å²) in [5.74, 6) is -0.685. The third-order valence-electron chi connectivity index (χ3n) is 4.59. The highest BCUT2D eigenvalue weighted by atomic mass is 32.2. The first-order valence-corrected chi connectivity index (χ1v) is 11.1. The van der Waals surface area contributed by atoms with Crippen LogP contribution in [0.2, 0.25) is 0 Å². The smallest absolute Gasteiger partial charge is 0.269 e. The number of hydrogen-bond acceptors (Lipinski definition) is 5. The lowest BCUT2D eigenvalue weighted by molar-refractivity contribution is -0.121. The number of nitrogens with zero attached hydrogens (tertiary/aromatic N) is 1. The SMILES string of the molecule is CN(C)S(=O)(=O)c1cccc(C(=O)NNC(=O)CCc2ccc(-c3ccccc3F)o2)c1. The molecule has 0 bridgehead atoms. The van der Waals surface area contributed by atoms with Crippen molar-refractivity contribution >= 4 is 21.8 Å². The van der Waals surface area contributed by atoms with Crippen LogP contribution in [0.4, 0.5) is 4.39 Å². The van der Waals surface area contributed by atoms with E-state index >= 15 is 0 Å². The lowest BCUT2D eigenvalue weighted by Gasteiger charge is -2.12. The summed E-state index contributed by atoms with van der Waals surface area (Å²) < 4.78 is 44.9. The molecule has 0 atom stereocenters. The zero-order chi connectivity index (χ0) is 23.3. The number of hydrogen-bond donors (Lipinski definition) is 2. The van der Waals surface area contributed by atoms with Gasteiger partial charge in [-0.05, 0) is 42.5 Å². The minimum Gasteiger partial charge on any atom is -0.461 e. The number of hydrazine groups is 1. The molecule has 8 nitrogen and oxygen atoms in total. The van der Waals surface area contributed by atoms with Gasteiger partial charge in [-0.3, -0.25) is 20.4 Å². The Hall–Kier alpha value is -3.50. The molecule has 10 heteroatoms. The van der Waals surface area contributed by atoms with Crippen molar-refractivity contribution in [3.63, 3.8) is 0 Å². The fourth-order valence-electron chi connectivity index (χ4n) is 2.82. The maximum Gasteiger partial charge on any atom is 0.269 e. The molecule has 2 aromatic carbocycles. The average molecular weight is 459 g/mol. The third-order valence-corrected chi connectivity index (χ3v) is 6.40. The molecule has 168 valence electrons. The molecule has 0 spiro atoms. The topological polar surface area (TPSA) is 109 Å². The Bertz CT molecular complexity index is 1240. The minimum absolute atomic E-state index is 0.0134. The highest BCUT2D eigenvalue weighted by molar-refractivity contribution is 7.89. The molecule has 0 radical (unpaired) electrons. The van der Waals surface area contributed by atoms with E-state index in [0.717, 1.165) is 4.31 Å². The molecular formula is C22H22FN3O5S. The second-order valence-corrected chi connectivity index (χ2v) is 9.22. The highest BCUT2D eigenvalue weighted by Gasteiger charge is 2.19. The number of furan rings is 1. The zero-order valence-corrected chi connectivity index (χ0v) is 18.3. The number of sulfonamides is 1. The van der Waals surface area contributed by atoms with E-state index < -0.39 is 27.7 Å². The van der Waals surface area contributed by atoms with Crippen LogP contribution < -0.4 is 10.9 Å². The first-order chi connectivity index (χ1) is 15.2. The molecule has 0 saturated heterocycles. The molecule has 0 fully saturated rings.